The largest absolute Gasteiger partial charge is 0.493 e. The van der Waals surface area contributed by atoms with Crippen molar-refractivity contribution in [3.05, 3.63) is 42.0 Å². The zero-order valence-electron chi connectivity index (χ0n) is 8.66. The summed E-state index contributed by atoms with van der Waals surface area (Å²) in [6.45, 7) is 4.28. The third-order valence-electron chi connectivity index (χ3n) is 2.62. The maximum atomic E-state index is 11.5. The van der Waals surface area contributed by atoms with Crippen LogP contribution < -0.4 is 4.74 Å². The molecule has 1 aliphatic carbocycles. The Labute approximate surface area is 89.6 Å². The lowest BCUT2D eigenvalue weighted by molar-refractivity contribution is 0.0994. The molecule has 0 saturated carbocycles. The molecule has 0 heterocycles. The molecule has 0 fully saturated rings. The van der Waals surface area contributed by atoms with Gasteiger partial charge in [0.15, 0.2) is 5.78 Å². The zero-order valence-corrected chi connectivity index (χ0v) is 8.66. The summed E-state index contributed by atoms with van der Waals surface area (Å²) in [6.07, 6.45) is 4.10. The van der Waals surface area contributed by atoms with Gasteiger partial charge in [0.2, 0.25) is 0 Å². The summed E-state index contributed by atoms with van der Waals surface area (Å²) < 4.78 is 5.61. The number of carbonyl (C=O) groups excluding carboxylic acids is 1. The van der Waals surface area contributed by atoms with Crippen LogP contribution in [0.3, 0.4) is 0 Å². The van der Waals surface area contributed by atoms with Crippen molar-refractivity contribution in [2.45, 2.75) is 19.3 Å². The van der Waals surface area contributed by atoms with E-state index in [0.29, 0.717) is 13.0 Å². The van der Waals surface area contributed by atoms with Crippen molar-refractivity contribution in [3.8, 4) is 5.75 Å². The minimum atomic E-state index is 0.235. The first-order chi connectivity index (χ1) is 7.33. The van der Waals surface area contributed by atoms with Gasteiger partial charge in [-0.15, -0.1) is 6.58 Å². The Morgan fingerprint density at radius 1 is 1.40 bits per heavy atom. The van der Waals surface area contributed by atoms with Crippen molar-refractivity contribution in [2.24, 2.45) is 0 Å². The van der Waals surface area contributed by atoms with E-state index >= 15 is 0 Å². The number of fused-ring (bicyclic) bond motifs is 1. The standard InChI is InChI=1S/C13H14O2/c1-2-3-9-15-13-6-4-5-10-11(13)7-8-12(10)14/h2,4-6H,1,3,7-9H2. The molecule has 15 heavy (non-hydrogen) atoms. The first-order valence-electron chi connectivity index (χ1n) is 5.21. The van der Waals surface area contributed by atoms with Gasteiger partial charge in [-0.3, -0.25) is 4.79 Å². The normalized spacial score (nSPS) is 13.7. The van der Waals surface area contributed by atoms with Gasteiger partial charge in [0.25, 0.3) is 0 Å². The predicted molar refractivity (Wildman–Crippen MR) is 59.4 cm³/mol. The first kappa shape index (κ1) is 9.97. The van der Waals surface area contributed by atoms with Gasteiger partial charge in [0.1, 0.15) is 5.75 Å². The van der Waals surface area contributed by atoms with Gasteiger partial charge < -0.3 is 4.74 Å². The highest BCUT2D eigenvalue weighted by atomic mass is 16.5. The third-order valence-corrected chi connectivity index (χ3v) is 2.62. The average Bonchev–Trinajstić information content (AvgIpc) is 2.62. The summed E-state index contributed by atoms with van der Waals surface area (Å²) >= 11 is 0. The molecule has 0 atom stereocenters. The van der Waals surface area contributed by atoms with Crippen LogP contribution in [0.1, 0.15) is 28.8 Å². The van der Waals surface area contributed by atoms with E-state index in [4.69, 9.17) is 4.74 Å². The summed E-state index contributed by atoms with van der Waals surface area (Å²) in [4.78, 5) is 11.5. The van der Waals surface area contributed by atoms with Gasteiger partial charge in [0, 0.05) is 17.5 Å². The fourth-order valence-corrected chi connectivity index (χ4v) is 1.85. The van der Waals surface area contributed by atoms with E-state index in [2.05, 4.69) is 6.58 Å². The van der Waals surface area contributed by atoms with E-state index in [1.54, 1.807) is 0 Å². The van der Waals surface area contributed by atoms with E-state index in [1.807, 2.05) is 24.3 Å². The number of benzene rings is 1. The molecule has 2 rings (SSSR count). The molecule has 2 nitrogen and oxygen atoms in total. The van der Waals surface area contributed by atoms with Crippen molar-refractivity contribution in [1.82, 2.24) is 0 Å². The molecule has 0 radical (unpaired) electrons. The second-order valence-corrected chi connectivity index (χ2v) is 3.63. The average molecular weight is 202 g/mol. The smallest absolute Gasteiger partial charge is 0.163 e. The van der Waals surface area contributed by atoms with Crippen molar-refractivity contribution >= 4 is 5.78 Å². The van der Waals surface area contributed by atoms with Gasteiger partial charge in [-0.25, -0.2) is 0 Å². The monoisotopic (exact) mass is 202 g/mol. The quantitative estimate of drug-likeness (QED) is 0.554. The SMILES string of the molecule is C=CCCOc1cccc2c1CCC2=O. The van der Waals surface area contributed by atoms with E-state index < -0.39 is 0 Å². The van der Waals surface area contributed by atoms with Crippen LogP contribution in [0.5, 0.6) is 5.75 Å². The van der Waals surface area contributed by atoms with Crippen LogP contribution in [0.4, 0.5) is 0 Å². The molecule has 0 amide bonds. The van der Waals surface area contributed by atoms with E-state index in [-0.39, 0.29) is 5.78 Å². The maximum Gasteiger partial charge on any atom is 0.163 e. The number of Topliss-reactive ketones (excluding diaryl/α,β-unsaturated/α-hetero) is 1. The summed E-state index contributed by atoms with van der Waals surface area (Å²) in [5.41, 5.74) is 1.91. The van der Waals surface area contributed by atoms with Gasteiger partial charge in [0.05, 0.1) is 6.61 Å². The van der Waals surface area contributed by atoms with Crippen LogP contribution >= 0.6 is 0 Å². The van der Waals surface area contributed by atoms with Crippen LogP contribution in [0, 0.1) is 0 Å². The molecule has 0 aliphatic heterocycles. The number of ether oxygens (including phenoxy) is 1. The molecule has 1 aliphatic rings. The highest BCUT2D eigenvalue weighted by Crippen LogP contribution is 2.30. The van der Waals surface area contributed by atoms with Crippen molar-refractivity contribution in [1.29, 1.82) is 0 Å². The molecular weight excluding hydrogens is 188 g/mol. The summed E-state index contributed by atoms with van der Waals surface area (Å²) in [5.74, 6) is 1.10. The molecule has 0 saturated heterocycles. The Hall–Kier alpha value is -1.57. The zero-order chi connectivity index (χ0) is 10.7. The Balaban J connectivity index is 2.18. The summed E-state index contributed by atoms with van der Waals surface area (Å²) in [5, 5.41) is 0. The summed E-state index contributed by atoms with van der Waals surface area (Å²) in [6, 6.07) is 5.69. The predicted octanol–water partition coefficient (Wildman–Crippen LogP) is 2.77. The van der Waals surface area contributed by atoms with Crippen LogP contribution in [0.15, 0.2) is 30.9 Å². The number of carbonyl (C=O) groups is 1. The number of ketones is 1. The second-order valence-electron chi connectivity index (χ2n) is 3.63. The van der Waals surface area contributed by atoms with Crippen LogP contribution in [0.2, 0.25) is 0 Å². The van der Waals surface area contributed by atoms with Crippen LogP contribution in [-0.2, 0) is 6.42 Å². The Bertz CT molecular complexity index is 394. The molecule has 0 N–H and O–H groups in total. The van der Waals surface area contributed by atoms with Crippen molar-refractivity contribution < 1.29 is 9.53 Å². The van der Waals surface area contributed by atoms with E-state index in [9.17, 15) is 4.79 Å². The number of hydrogen-bond acceptors (Lipinski definition) is 2. The molecule has 2 heteroatoms. The highest BCUT2D eigenvalue weighted by molar-refractivity contribution is 6.01. The molecule has 0 spiro atoms. The topological polar surface area (TPSA) is 26.3 Å². The molecule has 78 valence electrons. The molecule has 0 aromatic heterocycles. The molecule has 1 aromatic carbocycles. The molecular formula is C13H14O2. The van der Waals surface area contributed by atoms with E-state index in [0.717, 1.165) is 29.7 Å². The fourth-order valence-electron chi connectivity index (χ4n) is 1.85. The molecule has 0 unspecified atom stereocenters. The second kappa shape index (κ2) is 4.30. The maximum absolute atomic E-state index is 11.5. The lowest BCUT2D eigenvalue weighted by atomic mass is 10.1. The number of rotatable bonds is 4. The minimum absolute atomic E-state index is 0.235. The lowest BCUT2D eigenvalue weighted by Crippen LogP contribution is -1.99. The van der Waals surface area contributed by atoms with Gasteiger partial charge in [-0.1, -0.05) is 18.2 Å². The van der Waals surface area contributed by atoms with Gasteiger partial charge in [-0.05, 0) is 18.9 Å². The molecule has 0 bridgehead atoms. The van der Waals surface area contributed by atoms with Crippen LogP contribution in [-0.4, -0.2) is 12.4 Å². The summed E-state index contributed by atoms with van der Waals surface area (Å²) in [7, 11) is 0. The van der Waals surface area contributed by atoms with Crippen LogP contribution in [0.25, 0.3) is 0 Å². The van der Waals surface area contributed by atoms with E-state index in [1.165, 1.54) is 0 Å². The Morgan fingerprint density at radius 2 is 2.27 bits per heavy atom. The van der Waals surface area contributed by atoms with Gasteiger partial charge in [-0.2, -0.15) is 0 Å². The Morgan fingerprint density at radius 3 is 3.07 bits per heavy atom. The van der Waals surface area contributed by atoms with Crippen molar-refractivity contribution in [3.63, 3.8) is 0 Å². The molecule has 1 aromatic rings. The lowest BCUT2D eigenvalue weighted by Gasteiger charge is -2.08. The first-order valence-corrected chi connectivity index (χ1v) is 5.21. The number of hydrogen-bond donors (Lipinski definition) is 0. The third kappa shape index (κ3) is 1.94. The fraction of sp³-hybridized carbons (Fsp3) is 0.308. The van der Waals surface area contributed by atoms with Gasteiger partial charge >= 0.3 is 0 Å². The van der Waals surface area contributed by atoms with Crippen molar-refractivity contribution in [2.75, 3.05) is 6.61 Å². The highest BCUT2D eigenvalue weighted by Gasteiger charge is 2.22. The minimum Gasteiger partial charge on any atom is -0.493 e. The Kier molecular flexibility index (Phi) is 2.86.